The summed E-state index contributed by atoms with van der Waals surface area (Å²) in [6.07, 6.45) is 5.33. The van der Waals surface area contributed by atoms with Crippen LogP contribution in [0, 0.1) is 46.8 Å². The molecular formula is C41H53N5O12. The zero-order valence-electron chi connectivity index (χ0n) is 33.6. The van der Waals surface area contributed by atoms with Crippen molar-refractivity contribution in [3.8, 4) is 5.75 Å². The van der Waals surface area contributed by atoms with E-state index in [2.05, 4.69) is 5.32 Å². The Kier molecular flexibility index (Phi) is 10.7. The maximum Gasteiger partial charge on any atom is 0.413 e. The minimum absolute atomic E-state index is 0.0324. The molecule has 0 aromatic heterocycles. The molecule has 58 heavy (non-hydrogen) atoms. The molecule has 314 valence electrons. The molecule has 0 radical (unpaired) electrons. The molecule has 0 spiro atoms. The highest BCUT2D eigenvalue weighted by Gasteiger charge is 2.69. The second-order valence-electron chi connectivity index (χ2n) is 18.0. The number of benzene rings is 1. The van der Waals surface area contributed by atoms with Crippen molar-refractivity contribution in [2.45, 2.75) is 76.4 Å². The number of likely N-dealkylation sites (N-methyl/N-ethyl adjacent to an activating group) is 1. The van der Waals surface area contributed by atoms with Crippen LogP contribution in [0.15, 0.2) is 6.07 Å². The molecule has 1 aromatic rings. The molecule has 0 saturated heterocycles. The topological polar surface area (TPSA) is 243 Å². The van der Waals surface area contributed by atoms with Gasteiger partial charge in [0.15, 0.2) is 34.7 Å². The largest absolute Gasteiger partial charge is 0.505 e. The molecule has 1 aromatic carbocycles. The Morgan fingerprint density at radius 3 is 2.10 bits per heavy atom. The number of rotatable bonds is 11. The van der Waals surface area contributed by atoms with E-state index in [1.807, 2.05) is 0 Å². The minimum Gasteiger partial charge on any atom is -0.505 e. The van der Waals surface area contributed by atoms with E-state index in [0.717, 1.165) is 43.4 Å². The number of aromatic hydroxyl groups is 1. The van der Waals surface area contributed by atoms with Crippen LogP contribution in [-0.4, -0.2) is 127 Å². The number of nitrogens with one attached hydrogen (secondary N) is 1. The molecule has 6 saturated carbocycles. The molecule has 6 atom stereocenters. The lowest BCUT2D eigenvalue weighted by Crippen LogP contribution is -2.74. The number of esters is 1. The fourth-order valence-corrected chi connectivity index (χ4v) is 11.8. The van der Waals surface area contributed by atoms with Crippen LogP contribution in [0.1, 0.15) is 74.2 Å². The molecule has 17 heteroatoms. The molecular weight excluding hydrogens is 754 g/mol. The number of hydrogen-bond donors (Lipinski definition) is 4. The van der Waals surface area contributed by atoms with Gasteiger partial charge in [0.1, 0.15) is 12.3 Å². The lowest BCUT2D eigenvalue weighted by Gasteiger charge is -2.55. The summed E-state index contributed by atoms with van der Waals surface area (Å²) in [5.74, 6) is -11.6. The van der Waals surface area contributed by atoms with E-state index in [9.17, 15) is 48.6 Å². The Labute approximate surface area is 335 Å². The standard InChI is InChI=1S/C41H53N5O12/c1-6-7-46(39(55)58-18-57-38(54)40-14-19-8-20(15-40)10-21(9-19)16-40)17-27(47)43-25-13-26(44(2)3)23-11-22-12-24-31(45(4)5)34(50)30(37(42)53)36(52)41(24,56)35(51)28(22)33(49)29(23)32(25)48/h13,19-22,24,28,30-31,48,56H,6-12,14-18H2,1-5H3,(H2,42,53)(H,43,47)/t19?,20?,21?,22-,24-,28?,30?,31-,40?,41-/m0/s1. The predicted molar refractivity (Wildman–Crippen MR) is 204 cm³/mol. The van der Waals surface area contributed by atoms with Crippen molar-refractivity contribution in [1.82, 2.24) is 9.80 Å². The van der Waals surface area contributed by atoms with Gasteiger partial charge in [0, 0.05) is 32.2 Å². The second-order valence-corrected chi connectivity index (χ2v) is 18.0. The van der Waals surface area contributed by atoms with Gasteiger partial charge in [-0.25, -0.2) is 4.79 Å². The highest BCUT2D eigenvalue weighted by Crippen LogP contribution is 2.60. The molecule has 8 rings (SSSR count). The zero-order chi connectivity index (χ0) is 42.2. The minimum atomic E-state index is -2.88. The number of phenolic OH excluding ortho intramolecular Hbond substituents is 1. The molecule has 7 aliphatic rings. The number of anilines is 2. The quantitative estimate of drug-likeness (QED) is 0.107. The molecule has 2 unspecified atom stereocenters. The van der Waals surface area contributed by atoms with Crippen molar-refractivity contribution in [3.05, 3.63) is 17.2 Å². The van der Waals surface area contributed by atoms with Gasteiger partial charge in [0.05, 0.1) is 28.6 Å². The third-order valence-corrected chi connectivity index (χ3v) is 13.7. The van der Waals surface area contributed by atoms with E-state index in [1.165, 1.54) is 25.1 Å². The molecule has 17 nitrogen and oxygen atoms in total. The van der Waals surface area contributed by atoms with Crippen molar-refractivity contribution in [3.63, 3.8) is 0 Å². The lowest BCUT2D eigenvalue weighted by molar-refractivity contribution is -0.182. The Morgan fingerprint density at radius 2 is 1.55 bits per heavy atom. The van der Waals surface area contributed by atoms with E-state index in [4.69, 9.17) is 15.2 Å². The van der Waals surface area contributed by atoms with Crippen molar-refractivity contribution in [2.24, 2.45) is 52.6 Å². The highest BCUT2D eigenvalue weighted by atomic mass is 16.7. The van der Waals surface area contributed by atoms with Gasteiger partial charge in [-0.2, -0.15) is 0 Å². The van der Waals surface area contributed by atoms with Crippen molar-refractivity contribution < 1.29 is 58.0 Å². The number of fused-ring (bicyclic) bond motifs is 3. The van der Waals surface area contributed by atoms with E-state index >= 15 is 0 Å². The van der Waals surface area contributed by atoms with E-state index in [0.29, 0.717) is 35.4 Å². The summed E-state index contributed by atoms with van der Waals surface area (Å²) in [6, 6.07) is 0.229. The summed E-state index contributed by atoms with van der Waals surface area (Å²) < 4.78 is 10.8. The van der Waals surface area contributed by atoms with Crippen molar-refractivity contribution >= 4 is 58.4 Å². The first-order valence-corrected chi connectivity index (χ1v) is 20.1. The molecule has 7 aliphatic carbocycles. The monoisotopic (exact) mass is 807 g/mol. The highest BCUT2D eigenvalue weighted by molar-refractivity contribution is 6.32. The SMILES string of the molecule is CCCN(CC(=O)Nc1cc(N(C)C)c2c(c1O)C(=O)C1C(=O)[C@]3(O)C(=O)C(C(N)=O)C(=O)[C@@H](N(C)C)[C@@H]3C[C@@H]1C2)C(=O)OCOC(=O)C12CC3CC(CC(C3)C1)C2. The number of phenols is 1. The molecule has 3 amide bonds. The average Bonchev–Trinajstić information content (AvgIpc) is 3.13. The van der Waals surface area contributed by atoms with E-state index in [-0.39, 0.29) is 36.6 Å². The number of ether oxygens (including phenoxy) is 2. The number of hydrogen-bond acceptors (Lipinski definition) is 14. The summed E-state index contributed by atoms with van der Waals surface area (Å²) in [5.41, 5.74) is 2.28. The van der Waals surface area contributed by atoms with Crippen LogP contribution in [0.3, 0.4) is 0 Å². The number of aliphatic hydroxyl groups is 1. The van der Waals surface area contributed by atoms with E-state index in [1.54, 1.807) is 25.9 Å². The maximum absolute atomic E-state index is 14.4. The van der Waals surface area contributed by atoms with Crippen LogP contribution in [0.2, 0.25) is 0 Å². The Bertz CT molecular complexity index is 1940. The van der Waals surface area contributed by atoms with Crippen molar-refractivity contribution in [2.75, 3.05) is 58.3 Å². The van der Waals surface area contributed by atoms with E-state index < -0.39 is 101 Å². The lowest BCUT2D eigenvalue weighted by atomic mass is 9.49. The van der Waals surface area contributed by atoms with Gasteiger partial charge in [-0.15, -0.1) is 0 Å². The maximum atomic E-state index is 14.4. The first-order chi connectivity index (χ1) is 27.3. The number of primary amides is 1. The Morgan fingerprint density at radius 1 is 0.931 bits per heavy atom. The fraction of sp³-hybridized carbons (Fsp3) is 0.659. The van der Waals surface area contributed by atoms with Crippen LogP contribution in [0.25, 0.3) is 0 Å². The number of ketones is 4. The van der Waals surface area contributed by atoms with Crippen molar-refractivity contribution in [1.29, 1.82) is 0 Å². The van der Waals surface area contributed by atoms with Gasteiger partial charge < -0.3 is 35.6 Å². The summed E-state index contributed by atoms with van der Waals surface area (Å²) in [7, 11) is 6.38. The Hall–Kier alpha value is -4.90. The third kappa shape index (κ3) is 6.63. The normalized spacial score (nSPS) is 33.2. The predicted octanol–water partition coefficient (Wildman–Crippen LogP) is 1.44. The van der Waals surface area contributed by atoms with Crippen LogP contribution in [0.4, 0.5) is 16.2 Å². The third-order valence-electron chi connectivity index (χ3n) is 13.7. The molecule has 5 N–H and O–H groups in total. The van der Waals surface area contributed by atoms with Gasteiger partial charge in [-0.3, -0.25) is 43.4 Å². The van der Waals surface area contributed by atoms with Crippen LogP contribution in [0.5, 0.6) is 5.75 Å². The van der Waals surface area contributed by atoms with Gasteiger partial charge in [0.25, 0.3) is 0 Å². The smallest absolute Gasteiger partial charge is 0.413 e. The number of nitrogens with two attached hydrogens (primary N) is 1. The van der Waals surface area contributed by atoms with Crippen LogP contribution < -0.4 is 16.0 Å². The van der Waals surface area contributed by atoms with Gasteiger partial charge in [-0.1, -0.05) is 6.92 Å². The molecule has 0 aliphatic heterocycles. The van der Waals surface area contributed by atoms with Gasteiger partial charge >= 0.3 is 12.1 Å². The summed E-state index contributed by atoms with van der Waals surface area (Å²) in [6.45, 7) is 0.779. The first kappa shape index (κ1) is 41.3. The number of carbonyl (C=O) groups is 8. The Balaban J connectivity index is 1.08. The van der Waals surface area contributed by atoms with Crippen LogP contribution in [-0.2, 0) is 44.7 Å². The molecule has 0 heterocycles. The van der Waals surface area contributed by atoms with Gasteiger partial charge in [0.2, 0.25) is 18.6 Å². The number of amides is 3. The summed E-state index contributed by atoms with van der Waals surface area (Å²) in [5, 5.41) is 26.1. The summed E-state index contributed by atoms with van der Waals surface area (Å²) >= 11 is 0. The average molecular weight is 808 g/mol. The number of carbonyl (C=O) groups excluding carboxylic acids is 8. The fourth-order valence-electron chi connectivity index (χ4n) is 11.8. The zero-order valence-corrected chi connectivity index (χ0v) is 33.6. The number of nitrogens with zero attached hydrogens (tertiary/aromatic N) is 3. The molecule has 6 fully saturated rings. The molecule has 4 bridgehead atoms. The van der Waals surface area contributed by atoms with Gasteiger partial charge in [-0.05, 0) is 107 Å². The number of Topliss-reactive ketones (excluding diaryl/α,β-unsaturated/α-hetero) is 4. The second kappa shape index (κ2) is 15.0. The first-order valence-electron chi connectivity index (χ1n) is 20.1. The summed E-state index contributed by atoms with van der Waals surface area (Å²) in [4.78, 5) is 112. The van der Waals surface area contributed by atoms with Crippen LogP contribution >= 0.6 is 0 Å².